The number of aromatic nitrogens is 4. The molecule has 12 N–H and O–H groups in total. The fourth-order valence-electron chi connectivity index (χ4n) is 15.8. The van der Waals surface area contributed by atoms with Crippen molar-refractivity contribution in [1.82, 2.24) is 55.1 Å². The number of likely N-dealkylation sites (N-methyl/N-ethyl adjacent to an activating group) is 1. The lowest BCUT2D eigenvalue weighted by Crippen LogP contribution is -2.60. The number of carbonyl (C=O) groups excluding carboxylic acids is 9. The van der Waals surface area contributed by atoms with Gasteiger partial charge in [0.15, 0.2) is 24.5 Å². The largest absolute Gasteiger partial charge is 0.481 e. The second-order valence-electron chi connectivity index (χ2n) is 30.8. The number of hydrogen-bond donors (Lipinski definition) is 11. The van der Waals surface area contributed by atoms with Crippen molar-refractivity contribution in [1.29, 1.82) is 0 Å². The average Bonchev–Trinajstić information content (AvgIpc) is 1.69. The Labute approximate surface area is 670 Å². The summed E-state index contributed by atoms with van der Waals surface area (Å²) < 4.78 is 76.2. The van der Waals surface area contributed by atoms with Gasteiger partial charge < -0.3 is 90.2 Å². The van der Waals surface area contributed by atoms with E-state index in [1.165, 1.54) is 23.7 Å². The number of ketones is 1. The first-order chi connectivity index (χ1) is 54.2. The summed E-state index contributed by atoms with van der Waals surface area (Å²) in [5.74, 6) is -7.56. The summed E-state index contributed by atoms with van der Waals surface area (Å²) in [7, 11) is -11.8. The zero-order chi connectivity index (χ0) is 84.8. The van der Waals surface area contributed by atoms with Gasteiger partial charge in [-0.2, -0.15) is 0 Å². The molecule has 2 aromatic heterocycles. The summed E-state index contributed by atoms with van der Waals surface area (Å²) in [6.07, 6.45) is -3.59. The number of benzene rings is 1. The number of thioether (sulfide) groups is 1. The number of Topliss-reactive ketones (excluding diaryl/α,β-unsaturated/α-hetero) is 1. The third-order valence-electron chi connectivity index (χ3n) is 22.4. The number of hydrogen-bond acceptors (Lipinski definition) is 27. The number of anilines is 1. The molecule has 1 aromatic carbocycles. The number of nitrogens with zero attached hydrogens (tertiary/aromatic N) is 8. The molecule has 2 bridgehead atoms. The molecule has 0 spiro atoms. The first kappa shape index (κ1) is 93.7. The van der Waals surface area contributed by atoms with Gasteiger partial charge in [0.2, 0.25) is 47.3 Å². The van der Waals surface area contributed by atoms with Gasteiger partial charge in [-0.3, -0.25) is 71.0 Å². The van der Waals surface area contributed by atoms with Gasteiger partial charge in [0.1, 0.15) is 59.3 Å². The Morgan fingerprint density at radius 3 is 2.26 bits per heavy atom. The molecule has 5 aliphatic rings. The second-order valence-corrected chi connectivity index (χ2v) is 37.3. The van der Waals surface area contributed by atoms with E-state index in [1.807, 2.05) is 58.0 Å². The minimum atomic E-state index is -5.60. The van der Waals surface area contributed by atoms with Crippen LogP contribution in [0.15, 0.2) is 43.0 Å². The SMILES string of the molecule is CC[C@H](C)[C@@H]([C@@H](CC(=O)N1CCC[C@H]1[C@H](OC)[C@@H](C)C(=O)C[C@@H](Cc1ccccc1)C(=O)O)OC)N(C)C(=O)[C@@H](NC(=O)[C@@H]1[C@H]2CC[C@@H](C2)N1C(=O)CCCCCN1C(=O)CC(SCCNC(=O)CCNC(=O)[C@H](O)C(C)(C)P(=O)(O)OP(=O)(O)OCOC[C@H]2O[C@@H](n3cnc4c(N)ncnc43)[C@H](O)[C@@H]2OP(=O)(O)O)C1=O)C(C)C. The van der Waals surface area contributed by atoms with Crippen molar-refractivity contribution >= 4 is 111 Å². The molecule has 3 unspecified atom stereocenters. The summed E-state index contributed by atoms with van der Waals surface area (Å²) in [5.41, 5.74) is 6.79. The van der Waals surface area contributed by atoms with E-state index in [0.29, 0.717) is 51.5 Å². The third-order valence-corrected chi connectivity index (χ3v) is 28.0. The number of carbonyl (C=O) groups is 10. The third kappa shape index (κ3) is 23.6. The number of carboxylic acids is 1. The Morgan fingerprint density at radius 1 is 0.887 bits per heavy atom. The Morgan fingerprint density at radius 2 is 1.60 bits per heavy atom. The van der Waals surface area contributed by atoms with Gasteiger partial charge in [-0.05, 0) is 88.5 Å². The molecule has 115 heavy (non-hydrogen) atoms. The number of amides is 8. The highest BCUT2D eigenvalue weighted by Crippen LogP contribution is 2.67. The van der Waals surface area contributed by atoms with Gasteiger partial charge in [-0.1, -0.05) is 77.8 Å². The molecule has 39 nitrogen and oxygen atoms in total. The van der Waals surface area contributed by atoms with E-state index in [1.54, 1.807) is 28.7 Å². The topological polar surface area (TPSA) is 547 Å². The lowest BCUT2D eigenvalue weighted by atomic mass is 9.85. The molecule has 4 aliphatic heterocycles. The van der Waals surface area contributed by atoms with Crippen LogP contribution < -0.4 is 21.7 Å². The first-order valence-electron chi connectivity index (χ1n) is 38.5. The van der Waals surface area contributed by atoms with Crippen LogP contribution >= 0.6 is 35.0 Å². The number of carboxylic acid groups (broad SMARTS) is 1. The van der Waals surface area contributed by atoms with Gasteiger partial charge in [-0.25, -0.2) is 28.4 Å². The molecule has 1 aliphatic carbocycles. The fourth-order valence-corrected chi connectivity index (χ4v) is 20.2. The van der Waals surface area contributed by atoms with Crippen LogP contribution in [0.1, 0.15) is 150 Å². The molecule has 4 saturated heterocycles. The number of fused-ring (bicyclic) bond motifs is 3. The molecular weight excluding hydrogens is 1590 g/mol. The Hall–Kier alpha value is -6.81. The highest BCUT2D eigenvalue weighted by atomic mass is 32.2. The smallest absolute Gasteiger partial charge is 0.481 e. The number of methoxy groups -OCH3 is 2. The molecule has 5 fully saturated rings. The molecule has 6 heterocycles. The lowest BCUT2D eigenvalue weighted by Gasteiger charge is -2.41. The van der Waals surface area contributed by atoms with E-state index in [-0.39, 0.29) is 116 Å². The van der Waals surface area contributed by atoms with E-state index in [0.717, 1.165) is 56.7 Å². The van der Waals surface area contributed by atoms with Crippen molar-refractivity contribution in [3.63, 3.8) is 0 Å². The van der Waals surface area contributed by atoms with Crippen molar-refractivity contribution in [3.8, 4) is 0 Å². The molecule has 642 valence electrons. The van der Waals surface area contributed by atoms with Gasteiger partial charge in [0, 0.05) is 90.8 Å². The Bertz CT molecular complexity index is 4070. The number of aliphatic hydroxyl groups is 2. The number of nitrogens with two attached hydrogens (primary N) is 1. The number of piperidine rings is 1. The maximum atomic E-state index is 14.9. The molecule has 8 amide bonds. The number of nitrogen functional groups attached to an aromatic ring is 1. The molecule has 3 aromatic rings. The Kier molecular flexibility index (Phi) is 33.6. The van der Waals surface area contributed by atoms with Crippen LogP contribution in [0.4, 0.5) is 5.82 Å². The summed E-state index contributed by atoms with van der Waals surface area (Å²) in [5, 5.41) is 36.6. The van der Waals surface area contributed by atoms with Crippen molar-refractivity contribution in [2.24, 2.45) is 29.6 Å². The number of imide groups is 1. The standard InChI is InChI=1S/C72H111N12O27P3S/c1-11-41(4)58(49(105-9)34-54(88)81-29-18-21-47(81)61(106-10)42(5)48(85)33-45(71(96)97)31-43-19-14-12-15-20-43)80(8)69(95)56(40(2)3)79-66(92)59-44-23-24-46(32-44)84(59)53(87)22-16-13-17-28-82-55(89)35-51(68(82)94)115-30-27-74-52(86)25-26-75-67(93)63(91)72(6,7)112(98,99)111-114(103,104)108-39-107-36-50-62(110-113(100,101)102)60(90)70(109-50)83-38-78-57-64(73)76-37-77-65(57)83/h12,14-15,19-20,37-38,40-42,44-47,49-51,56,58-63,70,90-91H,11,13,16-18,21-36,39H2,1-10H3,(H,74,86)(H,75,93)(H,79,92)(H,96,97)(H,98,99)(H,103,104)(H2,73,76,77)(H2,100,101,102)/t41-,42-,44-,45+,46-,47-,49+,50+,51?,56-,58-,59-,60+,61+,62+,63-,70+/m0/s1. The molecule has 1 saturated carbocycles. The molecule has 8 rings (SSSR count). The van der Waals surface area contributed by atoms with Gasteiger partial charge in [-0.15, -0.1) is 11.8 Å². The van der Waals surface area contributed by atoms with Crippen LogP contribution in [0.3, 0.4) is 0 Å². The number of ether oxygens (including phenoxy) is 4. The summed E-state index contributed by atoms with van der Waals surface area (Å²) in [6.45, 7) is 9.18. The van der Waals surface area contributed by atoms with E-state index >= 15 is 0 Å². The number of aliphatic carboxylic acids is 1. The number of likely N-dealkylation sites (tertiary alicyclic amines) is 3. The van der Waals surface area contributed by atoms with E-state index < -0.39 is 174 Å². The van der Waals surface area contributed by atoms with Crippen molar-refractivity contribution in [2.45, 2.75) is 228 Å². The van der Waals surface area contributed by atoms with Crippen molar-refractivity contribution < 1.29 is 129 Å². The second kappa shape index (κ2) is 41.2. The predicted octanol–water partition coefficient (Wildman–Crippen LogP) is 2.96. The van der Waals surface area contributed by atoms with Crippen LogP contribution in [0.25, 0.3) is 11.2 Å². The maximum Gasteiger partial charge on any atom is 0.481 e. The minimum Gasteiger partial charge on any atom is -0.481 e. The number of imidazole rings is 1. The molecule has 0 radical (unpaired) electrons. The quantitative estimate of drug-likeness (QED) is 0.0168. The number of unbranched alkanes of at least 4 members (excludes halogenated alkanes) is 2. The normalized spacial score (nSPS) is 24.3. The number of nitrogens with one attached hydrogen (secondary N) is 3. The fraction of sp³-hybridized carbons (Fsp3) is 0.708. The predicted molar refractivity (Wildman–Crippen MR) is 412 cm³/mol. The highest BCUT2D eigenvalue weighted by molar-refractivity contribution is 8.00. The number of aliphatic hydroxyl groups excluding tert-OH is 2. The van der Waals surface area contributed by atoms with E-state index in [2.05, 4.69) is 39.7 Å². The van der Waals surface area contributed by atoms with Crippen LogP contribution in [0, 0.1) is 29.6 Å². The van der Waals surface area contributed by atoms with E-state index in [9.17, 15) is 96.5 Å². The van der Waals surface area contributed by atoms with E-state index in [4.69, 9.17) is 29.2 Å². The van der Waals surface area contributed by atoms with Crippen LogP contribution in [-0.4, -0.2) is 277 Å². The maximum absolute atomic E-state index is 14.9. The lowest BCUT2D eigenvalue weighted by molar-refractivity contribution is -0.149. The van der Waals surface area contributed by atoms with Crippen molar-refractivity contribution in [3.05, 3.63) is 48.5 Å². The van der Waals surface area contributed by atoms with Gasteiger partial charge in [0.25, 0.3) is 0 Å². The van der Waals surface area contributed by atoms with Crippen molar-refractivity contribution in [2.75, 3.05) is 72.3 Å². The average molecular weight is 1700 g/mol. The zero-order valence-corrected chi connectivity index (χ0v) is 69.7. The van der Waals surface area contributed by atoms with Crippen LogP contribution in [0.5, 0.6) is 0 Å². The van der Waals surface area contributed by atoms with Gasteiger partial charge in [0.05, 0.1) is 54.8 Å². The first-order valence-corrected chi connectivity index (χ1v) is 44.1. The number of phosphoric acid groups is 2. The molecule has 43 heteroatoms. The highest BCUT2D eigenvalue weighted by Gasteiger charge is 2.56. The van der Waals surface area contributed by atoms with Gasteiger partial charge >= 0.3 is 29.2 Å². The zero-order valence-electron chi connectivity index (χ0n) is 66.2. The monoisotopic (exact) mass is 1700 g/mol. The summed E-state index contributed by atoms with van der Waals surface area (Å²) >= 11 is 1.15. The molecule has 19 atom stereocenters. The van der Waals surface area contributed by atoms with Crippen LogP contribution in [0.2, 0.25) is 0 Å². The summed E-state index contributed by atoms with van der Waals surface area (Å²) in [4.78, 5) is 195. The van der Waals surface area contributed by atoms with Crippen LogP contribution in [-0.2, 0) is 100 Å². The minimum absolute atomic E-state index is 0.0332. The Balaban J connectivity index is 0.727. The molecular formula is C72H111N12O27P3S. The number of rotatable bonds is 46. The summed E-state index contributed by atoms with van der Waals surface area (Å²) in [6, 6.07) is 5.98. The number of phosphoric ester groups is 2.